The number of rotatable bonds is 8. The summed E-state index contributed by atoms with van der Waals surface area (Å²) in [6.07, 6.45) is 0.801. The molecule has 17 heavy (non-hydrogen) atoms. The Morgan fingerprint density at radius 3 is 2.65 bits per heavy atom. The van der Waals surface area contributed by atoms with E-state index in [1.807, 2.05) is 12.1 Å². The van der Waals surface area contributed by atoms with Gasteiger partial charge in [-0.15, -0.1) is 0 Å². The van der Waals surface area contributed by atoms with Gasteiger partial charge in [0.05, 0.1) is 13.2 Å². The highest BCUT2D eigenvalue weighted by molar-refractivity contribution is 9.09. The number of halogens is 2. The number of alkyl halides is 1. The van der Waals surface area contributed by atoms with Crippen LogP contribution < -0.4 is 0 Å². The molecule has 1 aromatic carbocycles. The predicted molar refractivity (Wildman–Crippen MR) is 70.2 cm³/mol. The molecular weight excluding hydrogens is 287 g/mol. The Bertz CT molecular complexity index is 320. The van der Waals surface area contributed by atoms with E-state index in [0.29, 0.717) is 19.8 Å². The molecule has 1 atom stereocenters. The Morgan fingerprint density at radius 1 is 1.24 bits per heavy atom. The third kappa shape index (κ3) is 5.15. The lowest BCUT2D eigenvalue weighted by atomic mass is 9.98. The second-order valence-electron chi connectivity index (χ2n) is 3.77. The fourth-order valence-corrected chi connectivity index (χ4v) is 2.26. The smallest absolute Gasteiger partial charge is 0.126 e. The molecule has 0 N–H and O–H groups in total. The lowest BCUT2D eigenvalue weighted by molar-refractivity contribution is 0.0676. The summed E-state index contributed by atoms with van der Waals surface area (Å²) in [6, 6.07) is 6.90. The first-order valence-electron chi connectivity index (χ1n) is 5.66. The summed E-state index contributed by atoms with van der Waals surface area (Å²) in [6.45, 7) is 1.80. The summed E-state index contributed by atoms with van der Waals surface area (Å²) in [5.41, 5.74) is 0.750. The zero-order chi connectivity index (χ0) is 12.5. The first kappa shape index (κ1) is 14.6. The highest BCUT2D eigenvalue weighted by Crippen LogP contribution is 2.24. The first-order chi connectivity index (χ1) is 8.29. The Morgan fingerprint density at radius 2 is 2.00 bits per heavy atom. The molecule has 0 aromatic heterocycles. The maximum Gasteiger partial charge on any atom is 0.126 e. The largest absolute Gasteiger partial charge is 0.382 e. The van der Waals surface area contributed by atoms with Crippen molar-refractivity contribution in [3.05, 3.63) is 35.6 Å². The van der Waals surface area contributed by atoms with Crippen LogP contribution in [0, 0.1) is 5.82 Å². The summed E-state index contributed by atoms with van der Waals surface area (Å²) in [5.74, 6) is 0.00702. The van der Waals surface area contributed by atoms with E-state index in [1.165, 1.54) is 6.07 Å². The topological polar surface area (TPSA) is 18.5 Å². The van der Waals surface area contributed by atoms with Crippen LogP contribution in [0.5, 0.6) is 0 Å². The van der Waals surface area contributed by atoms with E-state index in [9.17, 15) is 4.39 Å². The standard InChI is InChI=1S/C13H18BrFO2/c1-16-8-9-17-7-6-11(10-14)12-4-2-3-5-13(12)15/h2-5,11H,6-10H2,1H3. The van der Waals surface area contributed by atoms with Gasteiger partial charge in [0.2, 0.25) is 0 Å². The molecule has 0 saturated heterocycles. The van der Waals surface area contributed by atoms with Crippen LogP contribution in [0.25, 0.3) is 0 Å². The van der Waals surface area contributed by atoms with Gasteiger partial charge in [0.25, 0.3) is 0 Å². The number of hydrogen-bond acceptors (Lipinski definition) is 2. The minimum atomic E-state index is -0.145. The highest BCUT2D eigenvalue weighted by Gasteiger charge is 2.13. The zero-order valence-corrected chi connectivity index (χ0v) is 11.6. The van der Waals surface area contributed by atoms with Crippen LogP contribution in [0.15, 0.2) is 24.3 Å². The van der Waals surface area contributed by atoms with Crippen LogP contribution in [0.2, 0.25) is 0 Å². The van der Waals surface area contributed by atoms with Gasteiger partial charge in [-0.1, -0.05) is 34.1 Å². The third-order valence-electron chi connectivity index (χ3n) is 2.57. The maximum absolute atomic E-state index is 13.6. The van der Waals surface area contributed by atoms with E-state index >= 15 is 0 Å². The molecule has 1 aromatic rings. The van der Waals surface area contributed by atoms with Gasteiger partial charge in [0, 0.05) is 19.0 Å². The second-order valence-corrected chi connectivity index (χ2v) is 4.41. The molecule has 0 amide bonds. The van der Waals surface area contributed by atoms with Crippen molar-refractivity contribution in [2.24, 2.45) is 0 Å². The molecule has 1 rings (SSSR count). The molecule has 0 aliphatic rings. The molecule has 4 heteroatoms. The maximum atomic E-state index is 13.6. The van der Waals surface area contributed by atoms with Crippen molar-refractivity contribution in [2.45, 2.75) is 12.3 Å². The Kier molecular flexibility index (Phi) is 7.40. The molecule has 1 unspecified atom stereocenters. The van der Waals surface area contributed by atoms with Gasteiger partial charge in [-0.2, -0.15) is 0 Å². The fourth-order valence-electron chi connectivity index (χ4n) is 1.59. The number of methoxy groups -OCH3 is 1. The molecule has 0 heterocycles. The average Bonchev–Trinajstić information content (AvgIpc) is 2.35. The lowest BCUT2D eigenvalue weighted by Gasteiger charge is -2.15. The second kappa shape index (κ2) is 8.61. The molecule has 0 bridgehead atoms. The molecule has 96 valence electrons. The fraction of sp³-hybridized carbons (Fsp3) is 0.538. The number of ether oxygens (including phenoxy) is 2. The van der Waals surface area contributed by atoms with Crippen molar-refractivity contribution in [2.75, 3.05) is 32.3 Å². The molecule has 0 radical (unpaired) electrons. The molecule has 0 saturated carbocycles. The monoisotopic (exact) mass is 304 g/mol. The molecule has 0 aliphatic carbocycles. The number of benzene rings is 1. The van der Waals surface area contributed by atoms with Crippen molar-refractivity contribution in [1.29, 1.82) is 0 Å². The minimum absolute atomic E-state index is 0.145. The van der Waals surface area contributed by atoms with Gasteiger partial charge in [-0.25, -0.2) is 4.39 Å². The van der Waals surface area contributed by atoms with E-state index in [-0.39, 0.29) is 11.7 Å². The molecule has 0 spiro atoms. The summed E-state index contributed by atoms with van der Waals surface area (Å²) in [5, 5.41) is 0.738. The van der Waals surface area contributed by atoms with Gasteiger partial charge in [0.1, 0.15) is 5.82 Å². The Hall–Kier alpha value is -0.450. The molecule has 0 aliphatic heterocycles. The van der Waals surface area contributed by atoms with E-state index in [1.54, 1.807) is 13.2 Å². The summed E-state index contributed by atoms with van der Waals surface area (Å²) in [4.78, 5) is 0. The van der Waals surface area contributed by atoms with Gasteiger partial charge in [0.15, 0.2) is 0 Å². The van der Waals surface area contributed by atoms with Crippen molar-refractivity contribution in [1.82, 2.24) is 0 Å². The molecule has 0 fully saturated rings. The predicted octanol–water partition coefficient (Wildman–Crippen LogP) is 3.36. The van der Waals surface area contributed by atoms with E-state index in [4.69, 9.17) is 9.47 Å². The Labute approximate surface area is 110 Å². The van der Waals surface area contributed by atoms with Crippen LogP contribution >= 0.6 is 15.9 Å². The molecule has 2 nitrogen and oxygen atoms in total. The highest BCUT2D eigenvalue weighted by atomic mass is 79.9. The van der Waals surface area contributed by atoms with Crippen molar-refractivity contribution < 1.29 is 13.9 Å². The summed E-state index contributed by atoms with van der Waals surface area (Å²) >= 11 is 3.42. The van der Waals surface area contributed by atoms with E-state index < -0.39 is 0 Å². The van der Waals surface area contributed by atoms with Crippen LogP contribution in [0.3, 0.4) is 0 Å². The number of hydrogen-bond donors (Lipinski definition) is 0. The minimum Gasteiger partial charge on any atom is -0.382 e. The van der Waals surface area contributed by atoms with Gasteiger partial charge in [-0.3, -0.25) is 0 Å². The van der Waals surface area contributed by atoms with E-state index in [0.717, 1.165) is 17.3 Å². The van der Waals surface area contributed by atoms with Gasteiger partial charge >= 0.3 is 0 Å². The normalized spacial score (nSPS) is 12.6. The zero-order valence-electron chi connectivity index (χ0n) is 9.99. The van der Waals surface area contributed by atoms with Crippen LogP contribution in [0.4, 0.5) is 4.39 Å². The quantitative estimate of drug-likeness (QED) is 0.541. The Balaban J connectivity index is 2.41. The van der Waals surface area contributed by atoms with Crippen LogP contribution in [-0.2, 0) is 9.47 Å². The van der Waals surface area contributed by atoms with Crippen molar-refractivity contribution >= 4 is 15.9 Å². The third-order valence-corrected chi connectivity index (χ3v) is 3.36. The van der Waals surface area contributed by atoms with Gasteiger partial charge < -0.3 is 9.47 Å². The SMILES string of the molecule is COCCOCCC(CBr)c1ccccc1F. The lowest BCUT2D eigenvalue weighted by Crippen LogP contribution is -2.09. The van der Waals surface area contributed by atoms with E-state index in [2.05, 4.69) is 15.9 Å². The van der Waals surface area contributed by atoms with Gasteiger partial charge in [-0.05, 0) is 24.0 Å². The molecular formula is C13H18BrFO2. The summed E-state index contributed by atoms with van der Waals surface area (Å²) in [7, 11) is 1.64. The van der Waals surface area contributed by atoms with Crippen molar-refractivity contribution in [3.8, 4) is 0 Å². The van der Waals surface area contributed by atoms with Crippen LogP contribution in [0.1, 0.15) is 17.9 Å². The summed E-state index contributed by atoms with van der Waals surface area (Å²) < 4.78 is 23.9. The van der Waals surface area contributed by atoms with Crippen LogP contribution in [-0.4, -0.2) is 32.3 Å². The first-order valence-corrected chi connectivity index (χ1v) is 6.78. The van der Waals surface area contributed by atoms with Crippen molar-refractivity contribution in [3.63, 3.8) is 0 Å². The average molecular weight is 305 g/mol.